The molecule has 2 fully saturated rings. The van der Waals surface area contributed by atoms with Crippen molar-refractivity contribution in [3.63, 3.8) is 0 Å². The average Bonchev–Trinajstić information content (AvgIpc) is 3.28. The number of rotatable bonds is 4. The zero-order valence-electron chi connectivity index (χ0n) is 15.5. The van der Waals surface area contributed by atoms with Crippen LogP contribution in [0.15, 0.2) is 35.7 Å². The van der Waals surface area contributed by atoms with Gasteiger partial charge in [0.15, 0.2) is 0 Å². The molecular weight excluding hydrogens is 380 g/mol. The molecule has 0 atom stereocenters. The summed E-state index contributed by atoms with van der Waals surface area (Å²) in [6, 6.07) is 9.03. The Morgan fingerprint density at radius 1 is 1.04 bits per heavy atom. The topological polar surface area (TPSA) is 79.2 Å². The van der Waals surface area contributed by atoms with E-state index in [1.165, 1.54) is 11.3 Å². The van der Waals surface area contributed by atoms with Gasteiger partial charge >= 0.3 is 0 Å². The van der Waals surface area contributed by atoms with E-state index in [9.17, 15) is 14.9 Å². The summed E-state index contributed by atoms with van der Waals surface area (Å²) in [5.74, 6) is 0.0763. The van der Waals surface area contributed by atoms with Crippen molar-refractivity contribution in [2.24, 2.45) is 0 Å². The Morgan fingerprint density at radius 2 is 1.79 bits per heavy atom. The summed E-state index contributed by atoms with van der Waals surface area (Å²) in [6.45, 7) is 5.13. The van der Waals surface area contributed by atoms with Crippen molar-refractivity contribution in [3.8, 4) is 0 Å². The van der Waals surface area contributed by atoms with Gasteiger partial charge in [-0.25, -0.2) is 0 Å². The molecule has 0 aliphatic carbocycles. The molecule has 2 aromatic rings. The Kier molecular flexibility index (Phi) is 5.45. The predicted molar refractivity (Wildman–Crippen MR) is 109 cm³/mol. The van der Waals surface area contributed by atoms with Crippen LogP contribution in [0, 0.1) is 10.1 Å². The summed E-state index contributed by atoms with van der Waals surface area (Å²) in [5, 5.41) is 13.4. The molecule has 3 heterocycles. The van der Waals surface area contributed by atoms with E-state index in [1.54, 1.807) is 12.1 Å². The first-order valence-electron chi connectivity index (χ1n) is 9.32. The zero-order valence-corrected chi connectivity index (χ0v) is 16.3. The van der Waals surface area contributed by atoms with Gasteiger partial charge in [-0.15, -0.1) is 11.3 Å². The summed E-state index contributed by atoms with van der Waals surface area (Å²) >= 11 is 1.46. The van der Waals surface area contributed by atoms with E-state index in [4.69, 9.17) is 4.74 Å². The van der Waals surface area contributed by atoms with Gasteiger partial charge in [-0.2, -0.15) is 0 Å². The van der Waals surface area contributed by atoms with Crippen LogP contribution in [0.4, 0.5) is 17.1 Å². The second kappa shape index (κ2) is 8.15. The van der Waals surface area contributed by atoms with E-state index in [1.807, 2.05) is 33.4 Å². The van der Waals surface area contributed by atoms with Crippen molar-refractivity contribution in [3.05, 3.63) is 50.7 Å². The third-order valence-electron chi connectivity index (χ3n) is 5.17. The van der Waals surface area contributed by atoms with Crippen LogP contribution in [0.25, 0.3) is 0 Å². The normalized spacial score (nSPS) is 17.6. The SMILES string of the molecule is O=C(c1cccs1)N1CCN(c2ccc([N+](=O)[O-])c(N3CCOCC3)c2)CC1. The Hall–Kier alpha value is -2.65. The first kappa shape index (κ1) is 18.7. The van der Waals surface area contributed by atoms with Crippen LogP contribution < -0.4 is 9.80 Å². The molecule has 1 aromatic carbocycles. The fourth-order valence-corrected chi connectivity index (χ4v) is 4.34. The number of amides is 1. The largest absolute Gasteiger partial charge is 0.378 e. The van der Waals surface area contributed by atoms with Crippen LogP contribution >= 0.6 is 11.3 Å². The fraction of sp³-hybridized carbons (Fsp3) is 0.421. The molecule has 2 aliphatic heterocycles. The van der Waals surface area contributed by atoms with Gasteiger partial charge in [0, 0.05) is 51.0 Å². The van der Waals surface area contributed by atoms with Crippen molar-refractivity contribution >= 4 is 34.3 Å². The zero-order chi connectivity index (χ0) is 19.5. The highest BCUT2D eigenvalue weighted by atomic mass is 32.1. The lowest BCUT2D eigenvalue weighted by Gasteiger charge is -2.36. The number of nitro groups is 1. The van der Waals surface area contributed by atoms with Gasteiger partial charge in [0.1, 0.15) is 5.69 Å². The molecule has 0 unspecified atom stereocenters. The average molecular weight is 402 g/mol. The number of hydrogen-bond donors (Lipinski definition) is 0. The lowest BCUT2D eigenvalue weighted by molar-refractivity contribution is -0.384. The summed E-state index contributed by atoms with van der Waals surface area (Å²) in [5.41, 5.74) is 1.72. The quantitative estimate of drug-likeness (QED) is 0.577. The number of nitrogens with zero attached hydrogens (tertiary/aromatic N) is 4. The smallest absolute Gasteiger partial charge is 0.292 e. The number of carbonyl (C=O) groups excluding carboxylic acids is 1. The van der Waals surface area contributed by atoms with Crippen molar-refractivity contribution < 1.29 is 14.5 Å². The minimum absolute atomic E-state index is 0.0763. The number of nitro benzene ring substituents is 1. The summed E-state index contributed by atoms with van der Waals surface area (Å²) in [7, 11) is 0. The molecule has 1 amide bonds. The molecule has 148 valence electrons. The number of benzene rings is 1. The van der Waals surface area contributed by atoms with Crippen LogP contribution in [-0.2, 0) is 4.74 Å². The first-order chi connectivity index (χ1) is 13.6. The van der Waals surface area contributed by atoms with Crippen LogP contribution in [0.2, 0.25) is 0 Å². The molecule has 0 spiro atoms. The van der Waals surface area contributed by atoms with Gasteiger partial charge in [-0.3, -0.25) is 14.9 Å². The van der Waals surface area contributed by atoms with E-state index in [-0.39, 0.29) is 16.5 Å². The highest BCUT2D eigenvalue weighted by Gasteiger charge is 2.26. The van der Waals surface area contributed by atoms with Crippen LogP contribution in [0.3, 0.4) is 0 Å². The second-order valence-corrected chi connectivity index (χ2v) is 7.73. The Labute approximate surface area is 167 Å². The molecule has 0 radical (unpaired) electrons. The number of anilines is 2. The molecular formula is C19H22N4O4S. The second-order valence-electron chi connectivity index (χ2n) is 6.79. The molecule has 0 saturated carbocycles. The van der Waals surface area contributed by atoms with Crippen molar-refractivity contribution in [1.82, 2.24) is 4.90 Å². The van der Waals surface area contributed by atoms with Crippen molar-refractivity contribution in [2.45, 2.75) is 0 Å². The van der Waals surface area contributed by atoms with E-state index in [2.05, 4.69) is 4.90 Å². The molecule has 4 rings (SSSR count). The molecule has 0 bridgehead atoms. The summed E-state index contributed by atoms with van der Waals surface area (Å²) in [4.78, 5) is 30.5. The predicted octanol–water partition coefficient (Wildman–Crippen LogP) is 2.46. The van der Waals surface area contributed by atoms with Gasteiger partial charge in [0.2, 0.25) is 0 Å². The Bertz CT molecular complexity index is 844. The van der Waals surface area contributed by atoms with Gasteiger partial charge in [0.05, 0.1) is 23.0 Å². The molecule has 28 heavy (non-hydrogen) atoms. The third-order valence-corrected chi connectivity index (χ3v) is 6.03. The van der Waals surface area contributed by atoms with Gasteiger partial charge in [-0.1, -0.05) is 6.07 Å². The van der Waals surface area contributed by atoms with E-state index in [0.29, 0.717) is 58.2 Å². The highest BCUT2D eigenvalue weighted by Crippen LogP contribution is 2.33. The summed E-state index contributed by atoms with van der Waals surface area (Å²) < 4.78 is 5.37. The molecule has 0 N–H and O–H groups in total. The maximum Gasteiger partial charge on any atom is 0.292 e. The highest BCUT2D eigenvalue weighted by molar-refractivity contribution is 7.12. The van der Waals surface area contributed by atoms with Gasteiger partial charge < -0.3 is 19.4 Å². The number of thiophene rings is 1. The molecule has 9 heteroatoms. The van der Waals surface area contributed by atoms with Crippen LogP contribution in [0.5, 0.6) is 0 Å². The molecule has 2 saturated heterocycles. The summed E-state index contributed by atoms with van der Waals surface area (Å²) in [6.07, 6.45) is 0. The van der Waals surface area contributed by atoms with E-state index >= 15 is 0 Å². The maximum atomic E-state index is 12.5. The Morgan fingerprint density at radius 3 is 2.43 bits per heavy atom. The standard InChI is InChI=1S/C19H22N4O4S/c24-19(18-2-1-13-28-18)22-7-5-20(6-8-22)15-3-4-16(23(25)26)17(14-15)21-9-11-27-12-10-21/h1-4,13-14H,5-12H2. The number of hydrogen-bond acceptors (Lipinski definition) is 7. The monoisotopic (exact) mass is 402 g/mol. The number of ether oxygens (including phenoxy) is 1. The lowest BCUT2D eigenvalue weighted by atomic mass is 10.1. The van der Waals surface area contributed by atoms with Gasteiger partial charge in [-0.05, 0) is 23.6 Å². The number of piperazine rings is 1. The number of morpholine rings is 1. The van der Waals surface area contributed by atoms with E-state index in [0.717, 1.165) is 10.6 Å². The van der Waals surface area contributed by atoms with Gasteiger partial charge in [0.25, 0.3) is 11.6 Å². The molecule has 1 aromatic heterocycles. The molecule has 8 nitrogen and oxygen atoms in total. The van der Waals surface area contributed by atoms with Crippen LogP contribution in [-0.4, -0.2) is 68.2 Å². The Balaban J connectivity index is 1.49. The first-order valence-corrected chi connectivity index (χ1v) is 10.2. The minimum Gasteiger partial charge on any atom is -0.378 e. The van der Waals surface area contributed by atoms with Crippen molar-refractivity contribution in [2.75, 3.05) is 62.3 Å². The fourth-order valence-electron chi connectivity index (χ4n) is 3.64. The van der Waals surface area contributed by atoms with Crippen LogP contribution in [0.1, 0.15) is 9.67 Å². The number of carbonyl (C=O) groups is 1. The molecule has 2 aliphatic rings. The minimum atomic E-state index is -0.327. The lowest BCUT2D eigenvalue weighted by Crippen LogP contribution is -2.48. The third kappa shape index (κ3) is 3.81. The maximum absolute atomic E-state index is 12.5. The van der Waals surface area contributed by atoms with E-state index < -0.39 is 0 Å². The van der Waals surface area contributed by atoms with Crippen molar-refractivity contribution in [1.29, 1.82) is 0 Å².